The van der Waals surface area contributed by atoms with Crippen LogP contribution in [0.15, 0.2) is 6.07 Å². The van der Waals surface area contributed by atoms with Crippen LogP contribution in [0.4, 0.5) is 5.69 Å². The molecular weight excluding hydrogens is 370 g/mol. The highest BCUT2D eigenvalue weighted by Gasteiger charge is 2.15. The van der Waals surface area contributed by atoms with Crippen molar-refractivity contribution in [3.8, 4) is 11.5 Å². The highest BCUT2D eigenvalue weighted by atomic mass is 16.5. The number of hydrogen-bond acceptors (Lipinski definition) is 3. The van der Waals surface area contributed by atoms with Crippen molar-refractivity contribution in [3.63, 3.8) is 0 Å². The summed E-state index contributed by atoms with van der Waals surface area (Å²) in [5.74, 6) is 1.47. The van der Waals surface area contributed by atoms with Gasteiger partial charge in [0.05, 0.1) is 12.3 Å². The Bertz CT molecular complexity index is 568. The molecule has 3 N–H and O–H groups in total. The molecule has 1 rings (SSSR count). The van der Waals surface area contributed by atoms with Crippen LogP contribution in [0, 0.1) is 12.8 Å². The molecule has 0 fully saturated rings. The summed E-state index contributed by atoms with van der Waals surface area (Å²) in [4.78, 5) is 0. The van der Waals surface area contributed by atoms with Crippen LogP contribution in [-0.2, 0) is 6.42 Å². The van der Waals surface area contributed by atoms with Crippen LogP contribution in [0.2, 0.25) is 0 Å². The van der Waals surface area contributed by atoms with E-state index < -0.39 is 0 Å². The maximum Gasteiger partial charge on any atom is 0.142 e. The van der Waals surface area contributed by atoms with Crippen LogP contribution in [0.5, 0.6) is 11.5 Å². The Balaban J connectivity index is 2.11. The van der Waals surface area contributed by atoms with Gasteiger partial charge in [0.1, 0.15) is 11.5 Å². The van der Waals surface area contributed by atoms with E-state index in [1.54, 1.807) is 6.07 Å². The van der Waals surface area contributed by atoms with Gasteiger partial charge in [-0.25, -0.2) is 0 Å². The molecular formula is C27H49NO2. The zero-order chi connectivity index (χ0) is 22.2. The number of ether oxygens (including phenoxy) is 1. The van der Waals surface area contributed by atoms with Gasteiger partial charge in [0, 0.05) is 6.07 Å². The molecule has 0 saturated heterocycles. The smallest absolute Gasteiger partial charge is 0.142 e. The minimum Gasteiger partial charge on any atom is -0.506 e. The van der Waals surface area contributed by atoms with Gasteiger partial charge in [-0.1, -0.05) is 104 Å². The first-order valence-corrected chi connectivity index (χ1v) is 12.7. The molecule has 0 atom stereocenters. The first kappa shape index (κ1) is 26.7. The van der Waals surface area contributed by atoms with Crippen LogP contribution in [-0.4, -0.2) is 11.7 Å². The second-order valence-corrected chi connectivity index (χ2v) is 9.45. The van der Waals surface area contributed by atoms with Crippen molar-refractivity contribution in [3.05, 3.63) is 17.2 Å². The number of nitrogens with two attached hydrogens (primary N) is 1. The van der Waals surface area contributed by atoms with E-state index in [0.717, 1.165) is 29.7 Å². The normalized spacial score (nSPS) is 11.4. The summed E-state index contributed by atoms with van der Waals surface area (Å²) in [6.45, 7) is 9.36. The van der Waals surface area contributed by atoms with Gasteiger partial charge in [-0.2, -0.15) is 0 Å². The summed E-state index contributed by atoms with van der Waals surface area (Å²) in [5.41, 5.74) is 8.59. The van der Waals surface area contributed by atoms with Crippen molar-refractivity contribution in [1.29, 1.82) is 0 Å². The van der Waals surface area contributed by atoms with Gasteiger partial charge in [0.25, 0.3) is 0 Å². The Morgan fingerprint density at radius 3 is 1.77 bits per heavy atom. The summed E-state index contributed by atoms with van der Waals surface area (Å²) in [7, 11) is 0. The molecule has 1 aromatic carbocycles. The lowest BCUT2D eigenvalue weighted by atomic mass is 9.96. The van der Waals surface area contributed by atoms with Gasteiger partial charge in [-0.05, 0) is 36.8 Å². The minimum absolute atomic E-state index is 0.135. The Hall–Kier alpha value is -1.38. The average Bonchev–Trinajstić information content (AvgIpc) is 2.71. The number of unbranched alkanes of at least 4 members (excludes halogenated alkanes) is 13. The van der Waals surface area contributed by atoms with E-state index in [1.165, 1.54) is 83.5 Å². The molecule has 0 radical (unpaired) electrons. The number of phenolic OH excluding ortho intramolecular Hbond substituents is 1. The third kappa shape index (κ3) is 11.1. The van der Waals surface area contributed by atoms with E-state index in [2.05, 4.69) is 20.8 Å². The van der Waals surface area contributed by atoms with Crippen molar-refractivity contribution in [1.82, 2.24) is 0 Å². The third-order valence-corrected chi connectivity index (χ3v) is 6.07. The Labute approximate surface area is 186 Å². The average molecular weight is 420 g/mol. The fourth-order valence-corrected chi connectivity index (χ4v) is 4.10. The molecule has 174 valence electrons. The second kappa shape index (κ2) is 16.3. The van der Waals surface area contributed by atoms with E-state index in [4.69, 9.17) is 10.5 Å². The maximum absolute atomic E-state index is 10.1. The Morgan fingerprint density at radius 2 is 1.30 bits per heavy atom. The van der Waals surface area contributed by atoms with E-state index in [-0.39, 0.29) is 5.75 Å². The van der Waals surface area contributed by atoms with Gasteiger partial charge in [0.2, 0.25) is 0 Å². The van der Waals surface area contributed by atoms with Gasteiger partial charge < -0.3 is 15.6 Å². The van der Waals surface area contributed by atoms with Crippen LogP contribution >= 0.6 is 0 Å². The monoisotopic (exact) mass is 419 g/mol. The van der Waals surface area contributed by atoms with Crippen molar-refractivity contribution in [2.24, 2.45) is 5.92 Å². The van der Waals surface area contributed by atoms with Crippen LogP contribution in [0.3, 0.4) is 0 Å². The fourth-order valence-electron chi connectivity index (χ4n) is 4.10. The number of nitrogen functional groups attached to an aromatic ring is 1. The summed E-state index contributed by atoms with van der Waals surface area (Å²) < 4.78 is 6.05. The molecule has 0 saturated carbocycles. The summed E-state index contributed by atoms with van der Waals surface area (Å²) in [6.07, 6.45) is 19.9. The Morgan fingerprint density at radius 1 is 0.833 bits per heavy atom. The van der Waals surface area contributed by atoms with Gasteiger partial charge in [-0.15, -0.1) is 0 Å². The van der Waals surface area contributed by atoms with Crippen molar-refractivity contribution < 1.29 is 9.84 Å². The lowest BCUT2D eigenvalue weighted by Gasteiger charge is -2.18. The maximum atomic E-state index is 10.1. The molecule has 0 unspecified atom stereocenters. The molecule has 0 aliphatic heterocycles. The molecule has 0 aliphatic carbocycles. The zero-order valence-corrected chi connectivity index (χ0v) is 20.4. The quantitative estimate of drug-likeness (QED) is 0.143. The SMILES string of the molecule is CCCCCCCCCCCCCCCCOc1cc(O)c(N)c(C)c1CC(C)C. The molecule has 3 heteroatoms. The van der Waals surface area contributed by atoms with Crippen LogP contribution < -0.4 is 10.5 Å². The van der Waals surface area contributed by atoms with E-state index >= 15 is 0 Å². The van der Waals surface area contributed by atoms with E-state index in [9.17, 15) is 5.11 Å². The molecule has 0 amide bonds. The molecule has 1 aromatic rings. The highest BCUT2D eigenvalue weighted by molar-refractivity contribution is 5.64. The predicted octanol–water partition coefficient (Wildman–Crippen LogP) is 8.34. The lowest BCUT2D eigenvalue weighted by molar-refractivity contribution is 0.298. The van der Waals surface area contributed by atoms with E-state index in [0.29, 0.717) is 18.2 Å². The molecule has 0 heterocycles. The number of benzene rings is 1. The number of phenols is 1. The summed E-state index contributed by atoms with van der Waals surface area (Å²) >= 11 is 0. The number of anilines is 1. The Kier molecular flexibility index (Phi) is 14.5. The molecule has 0 spiro atoms. The second-order valence-electron chi connectivity index (χ2n) is 9.45. The number of hydrogen-bond donors (Lipinski definition) is 2. The van der Waals surface area contributed by atoms with Gasteiger partial charge >= 0.3 is 0 Å². The third-order valence-electron chi connectivity index (χ3n) is 6.07. The summed E-state index contributed by atoms with van der Waals surface area (Å²) in [5, 5.41) is 10.1. The first-order valence-electron chi connectivity index (χ1n) is 12.7. The van der Waals surface area contributed by atoms with Crippen molar-refractivity contribution in [2.45, 2.75) is 124 Å². The predicted molar refractivity (Wildman–Crippen MR) is 132 cm³/mol. The highest BCUT2D eigenvalue weighted by Crippen LogP contribution is 2.36. The molecule has 0 aromatic heterocycles. The number of aromatic hydroxyl groups is 1. The van der Waals surface area contributed by atoms with Gasteiger partial charge in [-0.3, -0.25) is 0 Å². The van der Waals surface area contributed by atoms with E-state index in [1.807, 2.05) is 6.92 Å². The summed E-state index contributed by atoms with van der Waals surface area (Å²) in [6, 6.07) is 1.70. The topological polar surface area (TPSA) is 55.5 Å². The van der Waals surface area contributed by atoms with Crippen LogP contribution in [0.1, 0.15) is 122 Å². The first-order chi connectivity index (χ1) is 14.5. The number of rotatable bonds is 18. The van der Waals surface area contributed by atoms with Crippen molar-refractivity contribution >= 4 is 5.69 Å². The molecule has 30 heavy (non-hydrogen) atoms. The molecule has 3 nitrogen and oxygen atoms in total. The zero-order valence-electron chi connectivity index (χ0n) is 20.4. The van der Waals surface area contributed by atoms with Crippen LogP contribution in [0.25, 0.3) is 0 Å². The van der Waals surface area contributed by atoms with Crippen molar-refractivity contribution in [2.75, 3.05) is 12.3 Å². The standard InChI is InChI=1S/C27H49NO2/c1-5-6-7-8-9-10-11-12-13-14-15-16-17-18-19-30-26-21-25(29)27(28)23(4)24(26)20-22(2)3/h21-22,29H,5-20,28H2,1-4H3. The van der Waals surface area contributed by atoms with Gasteiger partial charge in [0.15, 0.2) is 0 Å². The largest absolute Gasteiger partial charge is 0.506 e. The minimum atomic E-state index is 0.135. The fraction of sp³-hybridized carbons (Fsp3) is 0.778. The lowest BCUT2D eigenvalue weighted by Crippen LogP contribution is -2.06. The molecule has 0 bridgehead atoms. The molecule has 0 aliphatic rings.